The van der Waals surface area contributed by atoms with Gasteiger partial charge in [-0.2, -0.15) is 13.2 Å². The Labute approximate surface area is 138 Å². The van der Waals surface area contributed by atoms with E-state index in [1.807, 2.05) is 5.32 Å². The highest BCUT2D eigenvalue weighted by atomic mass is 79.9. The Hall–Kier alpha value is -1.51. The number of amides is 1. The lowest BCUT2D eigenvalue weighted by Crippen LogP contribution is -2.45. The largest absolute Gasteiger partial charge is 0.489 e. The van der Waals surface area contributed by atoms with Crippen LogP contribution in [0.25, 0.3) is 0 Å². The molecular formula is C14H16BrF3N2O3. The second-order valence-electron chi connectivity index (χ2n) is 5.50. The number of halogens is 4. The fourth-order valence-electron chi connectivity index (χ4n) is 2.44. The van der Waals surface area contributed by atoms with Gasteiger partial charge in [-0.3, -0.25) is 9.59 Å². The molecule has 5 nitrogen and oxygen atoms in total. The summed E-state index contributed by atoms with van der Waals surface area (Å²) in [5.74, 6) is -1.49. The smallest absolute Gasteiger partial charge is 0.471 e. The van der Waals surface area contributed by atoms with Crippen molar-refractivity contribution in [2.45, 2.75) is 44.0 Å². The van der Waals surface area contributed by atoms with Gasteiger partial charge >= 0.3 is 12.1 Å². The molecule has 1 aromatic rings. The number of rotatable bonds is 3. The van der Waals surface area contributed by atoms with Crippen molar-refractivity contribution in [2.75, 3.05) is 0 Å². The average molecular weight is 397 g/mol. The molecule has 128 valence electrons. The van der Waals surface area contributed by atoms with Gasteiger partial charge in [-0.1, -0.05) is 0 Å². The summed E-state index contributed by atoms with van der Waals surface area (Å²) in [6, 6.07) is 0.859. The van der Waals surface area contributed by atoms with E-state index in [1.165, 1.54) is 10.6 Å². The summed E-state index contributed by atoms with van der Waals surface area (Å²) in [7, 11) is 1.62. The van der Waals surface area contributed by atoms with Gasteiger partial charge in [0.1, 0.15) is 5.75 Å². The van der Waals surface area contributed by atoms with Gasteiger partial charge in [0, 0.05) is 25.4 Å². The number of hydrogen-bond donors (Lipinski definition) is 1. The summed E-state index contributed by atoms with van der Waals surface area (Å²) < 4.78 is 44.4. The molecule has 0 spiro atoms. The maximum Gasteiger partial charge on any atom is 0.471 e. The number of alkyl halides is 3. The minimum absolute atomic E-state index is 0.197. The first kappa shape index (κ1) is 17.8. The molecule has 23 heavy (non-hydrogen) atoms. The van der Waals surface area contributed by atoms with Crippen molar-refractivity contribution in [3.8, 4) is 5.75 Å². The number of aromatic nitrogens is 1. The Bertz CT molecular complexity index is 637. The lowest BCUT2D eigenvalue weighted by molar-refractivity contribution is -0.174. The number of pyridine rings is 1. The molecule has 9 heteroatoms. The average Bonchev–Trinajstić information content (AvgIpc) is 2.45. The van der Waals surface area contributed by atoms with Crippen LogP contribution in [-0.2, 0) is 11.8 Å². The van der Waals surface area contributed by atoms with E-state index in [1.54, 1.807) is 13.2 Å². The first-order valence-corrected chi connectivity index (χ1v) is 7.86. The van der Waals surface area contributed by atoms with Crippen molar-refractivity contribution >= 4 is 21.8 Å². The zero-order chi connectivity index (χ0) is 17.2. The number of nitrogens with one attached hydrogen (secondary N) is 1. The predicted octanol–water partition coefficient (Wildman–Crippen LogP) is 2.52. The third-order valence-corrected chi connectivity index (χ3v) is 4.30. The molecule has 0 aromatic carbocycles. The Balaban J connectivity index is 1.89. The molecule has 2 rings (SSSR count). The lowest BCUT2D eigenvalue weighted by Gasteiger charge is -2.30. The third-order valence-electron chi connectivity index (χ3n) is 3.71. The quantitative estimate of drug-likeness (QED) is 0.853. The van der Waals surface area contributed by atoms with Crippen molar-refractivity contribution in [3.63, 3.8) is 0 Å². The van der Waals surface area contributed by atoms with E-state index in [4.69, 9.17) is 4.74 Å². The number of aryl methyl sites for hydroxylation is 1. The van der Waals surface area contributed by atoms with Crippen molar-refractivity contribution in [1.29, 1.82) is 0 Å². The molecule has 0 atom stereocenters. The zero-order valence-corrected chi connectivity index (χ0v) is 13.9. The van der Waals surface area contributed by atoms with Crippen LogP contribution in [0.2, 0.25) is 0 Å². The normalized spacial score (nSPS) is 21.8. The molecule has 1 saturated carbocycles. The van der Waals surface area contributed by atoms with Gasteiger partial charge < -0.3 is 14.6 Å². The molecule has 0 bridgehead atoms. The third kappa shape index (κ3) is 4.73. The van der Waals surface area contributed by atoms with Gasteiger partial charge in [-0.05, 0) is 41.6 Å². The lowest BCUT2D eigenvalue weighted by atomic mass is 9.93. The molecule has 0 saturated heterocycles. The molecule has 1 fully saturated rings. The van der Waals surface area contributed by atoms with E-state index in [-0.39, 0.29) is 11.7 Å². The predicted molar refractivity (Wildman–Crippen MR) is 80.3 cm³/mol. The first-order valence-electron chi connectivity index (χ1n) is 7.07. The van der Waals surface area contributed by atoms with Gasteiger partial charge in [0.2, 0.25) is 0 Å². The summed E-state index contributed by atoms with van der Waals surface area (Å²) in [5, 5.41) is 1.99. The van der Waals surface area contributed by atoms with Crippen LogP contribution in [0.4, 0.5) is 13.2 Å². The van der Waals surface area contributed by atoms with Crippen LogP contribution in [0.5, 0.6) is 5.75 Å². The monoisotopic (exact) mass is 396 g/mol. The standard InChI is InChI=1S/C14H16BrF3N2O3/c1-20-7-10(15)11(6-12(20)21)23-9-4-2-8(3-5-9)19-13(22)14(16,17)18/h6-9H,2-5H2,1H3,(H,19,22). The van der Waals surface area contributed by atoms with E-state index < -0.39 is 18.1 Å². The van der Waals surface area contributed by atoms with Gasteiger partial charge in [0.25, 0.3) is 5.56 Å². The highest BCUT2D eigenvalue weighted by molar-refractivity contribution is 9.10. The number of nitrogens with zero attached hydrogens (tertiary/aromatic N) is 1. The summed E-state index contributed by atoms with van der Waals surface area (Å²) in [6.45, 7) is 0. The van der Waals surface area contributed by atoms with Crippen LogP contribution in [0.3, 0.4) is 0 Å². The van der Waals surface area contributed by atoms with Crippen molar-refractivity contribution < 1.29 is 22.7 Å². The molecule has 0 aliphatic heterocycles. The molecule has 1 N–H and O–H groups in total. The molecule has 0 unspecified atom stereocenters. The Morgan fingerprint density at radius 1 is 1.35 bits per heavy atom. The number of hydrogen-bond acceptors (Lipinski definition) is 3. The van der Waals surface area contributed by atoms with Crippen LogP contribution in [0.15, 0.2) is 21.5 Å². The summed E-state index contributed by atoms with van der Waals surface area (Å²) in [4.78, 5) is 22.5. The van der Waals surface area contributed by atoms with Crippen LogP contribution >= 0.6 is 15.9 Å². The van der Waals surface area contributed by atoms with Crippen LogP contribution in [-0.4, -0.2) is 28.8 Å². The summed E-state index contributed by atoms with van der Waals surface area (Å²) in [5.41, 5.74) is -0.214. The molecular weight excluding hydrogens is 381 g/mol. The molecule has 1 aliphatic carbocycles. The molecule has 1 heterocycles. The fourth-order valence-corrected chi connectivity index (χ4v) is 2.96. The van der Waals surface area contributed by atoms with Crippen molar-refractivity contribution in [3.05, 3.63) is 27.1 Å². The minimum Gasteiger partial charge on any atom is -0.489 e. The topological polar surface area (TPSA) is 60.3 Å². The summed E-state index contributed by atoms with van der Waals surface area (Å²) >= 11 is 3.31. The molecule has 1 aromatic heterocycles. The molecule has 1 amide bonds. The SMILES string of the molecule is Cn1cc(Br)c(OC2CCC(NC(=O)C(F)(F)F)CC2)cc1=O. The van der Waals surface area contributed by atoms with E-state index in [0.717, 1.165) is 0 Å². The molecule has 0 radical (unpaired) electrons. The second-order valence-corrected chi connectivity index (χ2v) is 6.35. The van der Waals surface area contributed by atoms with Crippen LogP contribution in [0.1, 0.15) is 25.7 Å². The highest BCUT2D eigenvalue weighted by Gasteiger charge is 2.40. The van der Waals surface area contributed by atoms with E-state index in [0.29, 0.717) is 35.9 Å². The Morgan fingerprint density at radius 2 is 1.96 bits per heavy atom. The van der Waals surface area contributed by atoms with Gasteiger partial charge in [0.15, 0.2) is 0 Å². The van der Waals surface area contributed by atoms with E-state index >= 15 is 0 Å². The minimum atomic E-state index is -4.86. The number of carbonyl (C=O) groups is 1. The molecule has 1 aliphatic rings. The van der Waals surface area contributed by atoms with Gasteiger partial charge in [-0.15, -0.1) is 0 Å². The number of ether oxygens (including phenoxy) is 1. The van der Waals surface area contributed by atoms with Crippen molar-refractivity contribution in [1.82, 2.24) is 9.88 Å². The highest BCUT2D eigenvalue weighted by Crippen LogP contribution is 2.28. The van der Waals surface area contributed by atoms with Gasteiger partial charge in [-0.25, -0.2) is 0 Å². The Morgan fingerprint density at radius 3 is 2.52 bits per heavy atom. The fraction of sp³-hybridized carbons (Fsp3) is 0.571. The van der Waals surface area contributed by atoms with Crippen LogP contribution in [0, 0.1) is 0 Å². The van der Waals surface area contributed by atoms with Crippen molar-refractivity contribution in [2.24, 2.45) is 7.05 Å². The second kappa shape index (κ2) is 6.94. The van der Waals surface area contributed by atoms with E-state index in [2.05, 4.69) is 15.9 Å². The van der Waals surface area contributed by atoms with E-state index in [9.17, 15) is 22.8 Å². The zero-order valence-electron chi connectivity index (χ0n) is 12.3. The summed E-state index contributed by atoms with van der Waals surface area (Å²) in [6.07, 6.45) is -1.66. The number of carbonyl (C=O) groups excluding carboxylic acids is 1. The maximum atomic E-state index is 12.2. The first-order chi connectivity index (χ1) is 10.7. The van der Waals surface area contributed by atoms with Crippen LogP contribution < -0.4 is 15.6 Å². The van der Waals surface area contributed by atoms with Gasteiger partial charge in [0.05, 0.1) is 10.6 Å². The maximum absolute atomic E-state index is 12.2. The Kier molecular flexibility index (Phi) is 5.38.